The molecule has 0 unspecified atom stereocenters. The van der Waals surface area contributed by atoms with E-state index in [0.29, 0.717) is 5.56 Å². The lowest BCUT2D eigenvalue weighted by atomic mass is 10.1. The van der Waals surface area contributed by atoms with Gasteiger partial charge in [-0.1, -0.05) is 30.3 Å². The Labute approximate surface area is 161 Å². The van der Waals surface area contributed by atoms with Gasteiger partial charge in [0, 0.05) is 17.7 Å². The molecule has 3 rings (SSSR count). The molecule has 2 aromatic carbocycles. The van der Waals surface area contributed by atoms with E-state index in [1.807, 2.05) is 0 Å². The van der Waals surface area contributed by atoms with Crippen LogP contribution in [0.5, 0.6) is 5.75 Å². The van der Waals surface area contributed by atoms with Gasteiger partial charge in [-0.2, -0.15) is 0 Å². The third-order valence-corrected chi connectivity index (χ3v) is 4.18. The summed E-state index contributed by atoms with van der Waals surface area (Å²) in [7, 11) is 0. The number of hydrogen-bond donors (Lipinski definition) is 1. The van der Waals surface area contributed by atoms with E-state index in [1.54, 1.807) is 37.3 Å². The fourth-order valence-electron chi connectivity index (χ4n) is 2.64. The predicted octanol–water partition coefficient (Wildman–Crippen LogP) is 3.17. The van der Waals surface area contributed by atoms with Crippen molar-refractivity contribution in [3.63, 3.8) is 0 Å². The molecule has 1 N–H and O–H groups in total. The molecule has 0 saturated heterocycles. The first-order valence-corrected chi connectivity index (χ1v) is 8.97. The van der Waals surface area contributed by atoms with E-state index in [-0.39, 0.29) is 29.6 Å². The highest BCUT2D eigenvalue weighted by Crippen LogP contribution is 2.29. The van der Waals surface area contributed by atoms with Crippen molar-refractivity contribution in [3.05, 3.63) is 69.8 Å². The minimum Gasteiger partial charge on any atom is -0.487 e. The molecule has 8 heteroatoms. The highest BCUT2D eigenvalue weighted by Gasteiger charge is 2.31. The van der Waals surface area contributed by atoms with Crippen molar-refractivity contribution in [3.8, 4) is 5.75 Å². The fourth-order valence-corrected chi connectivity index (χ4v) is 2.64. The number of esters is 1. The van der Waals surface area contributed by atoms with E-state index < -0.39 is 22.9 Å². The summed E-state index contributed by atoms with van der Waals surface area (Å²) in [6, 6.07) is 12.6. The van der Waals surface area contributed by atoms with Crippen molar-refractivity contribution in [2.45, 2.75) is 31.9 Å². The second-order valence-corrected chi connectivity index (χ2v) is 6.35. The van der Waals surface area contributed by atoms with Crippen LogP contribution < -0.4 is 10.1 Å². The minimum atomic E-state index is -1.14. The second-order valence-electron chi connectivity index (χ2n) is 6.35. The van der Waals surface area contributed by atoms with Crippen LogP contribution in [0.4, 0.5) is 5.69 Å². The molecule has 1 aliphatic carbocycles. The van der Waals surface area contributed by atoms with E-state index in [1.165, 1.54) is 12.1 Å². The topological polar surface area (TPSA) is 108 Å². The molecule has 146 valence electrons. The number of carbonyl (C=O) groups is 2. The number of rotatable bonds is 8. The summed E-state index contributed by atoms with van der Waals surface area (Å²) in [5.41, 5.74) is 0.153. The molecule has 0 aromatic heterocycles. The summed E-state index contributed by atoms with van der Waals surface area (Å²) in [6.45, 7) is 1.96. The summed E-state index contributed by atoms with van der Waals surface area (Å²) < 4.78 is 10.6. The second kappa shape index (κ2) is 8.51. The molecule has 0 heterocycles. The smallest absolute Gasteiger partial charge is 0.339 e. The van der Waals surface area contributed by atoms with Gasteiger partial charge in [0.25, 0.3) is 5.91 Å². The standard InChI is InChI=1S/C20H20N2O6/c1-2-27-17-11-8-14(12-16(17)22(25)26)20(24)28-18(13-6-4-3-5-7-13)19(23)21-15-9-10-15/h3-8,11-12,15,18H,2,9-10H2,1H3,(H,21,23)/t18-/m1/s1. The number of ether oxygens (including phenoxy) is 2. The van der Waals surface area contributed by atoms with Crippen LogP contribution in [0, 0.1) is 10.1 Å². The Morgan fingerprint density at radius 3 is 2.54 bits per heavy atom. The van der Waals surface area contributed by atoms with Crippen LogP contribution >= 0.6 is 0 Å². The van der Waals surface area contributed by atoms with E-state index in [2.05, 4.69) is 5.32 Å². The Morgan fingerprint density at radius 1 is 1.21 bits per heavy atom. The maximum Gasteiger partial charge on any atom is 0.339 e. The number of nitrogens with one attached hydrogen (secondary N) is 1. The maximum absolute atomic E-state index is 12.6. The minimum absolute atomic E-state index is 0.0321. The van der Waals surface area contributed by atoms with Gasteiger partial charge >= 0.3 is 11.7 Å². The van der Waals surface area contributed by atoms with Crippen LogP contribution in [-0.4, -0.2) is 29.4 Å². The number of benzene rings is 2. The molecule has 28 heavy (non-hydrogen) atoms. The van der Waals surface area contributed by atoms with Crippen molar-refractivity contribution in [2.75, 3.05) is 6.61 Å². The predicted molar refractivity (Wildman–Crippen MR) is 100 cm³/mol. The molecule has 1 fully saturated rings. The lowest BCUT2D eigenvalue weighted by Crippen LogP contribution is -2.33. The quantitative estimate of drug-likeness (QED) is 0.425. The molecular weight excluding hydrogens is 364 g/mol. The van der Waals surface area contributed by atoms with Gasteiger partial charge in [-0.25, -0.2) is 4.79 Å². The summed E-state index contributed by atoms with van der Waals surface area (Å²) in [4.78, 5) is 35.8. The average molecular weight is 384 g/mol. The monoisotopic (exact) mass is 384 g/mol. The summed E-state index contributed by atoms with van der Waals surface area (Å²) >= 11 is 0. The van der Waals surface area contributed by atoms with Crippen molar-refractivity contribution in [1.82, 2.24) is 5.32 Å². The number of nitro benzene ring substituents is 1. The molecule has 8 nitrogen and oxygen atoms in total. The molecule has 1 amide bonds. The summed E-state index contributed by atoms with van der Waals surface area (Å²) in [5, 5.41) is 14.1. The van der Waals surface area contributed by atoms with Gasteiger partial charge in [-0.3, -0.25) is 14.9 Å². The van der Waals surface area contributed by atoms with Crippen LogP contribution in [0.2, 0.25) is 0 Å². The Kier molecular flexibility index (Phi) is 5.88. The zero-order chi connectivity index (χ0) is 20.1. The average Bonchev–Trinajstić information content (AvgIpc) is 3.50. The maximum atomic E-state index is 12.6. The number of hydrogen-bond acceptors (Lipinski definition) is 6. The molecule has 0 bridgehead atoms. The van der Waals surface area contributed by atoms with E-state index in [4.69, 9.17) is 9.47 Å². The van der Waals surface area contributed by atoms with Gasteiger partial charge in [0.05, 0.1) is 17.1 Å². The first-order chi connectivity index (χ1) is 13.5. The van der Waals surface area contributed by atoms with Crippen LogP contribution in [-0.2, 0) is 9.53 Å². The molecule has 1 saturated carbocycles. The molecule has 0 radical (unpaired) electrons. The first kappa shape index (κ1) is 19.3. The normalized spacial score (nSPS) is 14.0. The molecule has 0 aliphatic heterocycles. The summed E-state index contributed by atoms with van der Waals surface area (Å²) in [6.07, 6.45) is 0.651. The highest BCUT2D eigenvalue weighted by atomic mass is 16.6. The molecule has 1 aliphatic rings. The van der Waals surface area contributed by atoms with Gasteiger partial charge in [-0.15, -0.1) is 0 Å². The van der Waals surface area contributed by atoms with E-state index in [9.17, 15) is 19.7 Å². The Hall–Kier alpha value is -3.42. The molecular formula is C20H20N2O6. The van der Waals surface area contributed by atoms with Gasteiger partial charge in [-0.05, 0) is 31.9 Å². The Balaban J connectivity index is 1.84. The fraction of sp³-hybridized carbons (Fsp3) is 0.300. The van der Waals surface area contributed by atoms with Crippen LogP contribution in [0.25, 0.3) is 0 Å². The molecule has 1 atom stereocenters. The largest absolute Gasteiger partial charge is 0.487 e. The van der Waals surface area contributed by atoms with E-state index >= 15 is 0 Å². The third-order valence-electron chi connectivity index (χ3n) is 4.18. The Bertz CT molecular complexity index is 880. The highest BCUT2D eigenvalue weighted by molar-refractivity contribution is 5.93. The van der Waals surface area contributed by atoms with Crippen molar-refractivity contribution < 1.29 is 24.0 Å². The first-order valence-electron chi connectivity index (χ1n) is 8.97. The number of amides is 1. The number of nitro groups is 1. The van der Waals surface area contributed by atoms with Gasteiger partial charge < -0.3 is 14.8 Å². The lowest BCUT2D eigenvalue weighted by Gasteiger charge is -2.18. The van der Waals surface area contributed by atoms with Crippen molar-refractivity contribution >= 4 is 17.6 Å². The van der Waals surface area contributed by atoms with Gasteiger partial charge in [0.1, 0.15) is 0 Å². The van der Waals surface area contributed by atoms with Crippen molar-refractivity contribution in [1.29, 1.82) is 0 Å². The van der Waals surface area contributed by atoms with E-state index in [0.717, 1.165) is 18.9 Å². The number of nitrogens with zero attached hydrogens (tertiary/aromatic N) is 1. The zero-order valence-corrected chi connectivity index (χ0v) is 15.3. The van der Waals surface area contributed by atoms with Crippen molar-refractivity contribution in [2.24, 2.45) is 0 Å². The van der Waals surface area contributed by atoms with Gasteiger partial charge in [0.2, 0.25) is 6.10 Å². The summed E-state index contributed by atoms with van der Waals surface area (Å²) in [5.74, 6) is -1.18. The van der Waals surface area contributed by atoms with Crippen LogP contribution in [0.3, 0.4) is 0 Å². The molecule has 2 aromatic rings. The molecule has 0 spiro atoms. The Morgan fingerprint density at radius 2 is 1.93 bits per heavy atom. The SMILES string of the molecule is CCOc1ccc(C(=O)O[C@@H](C(=O)NC2CC2)c2ccccc2)cc1[N+](=O)[O-]. The third kappa shape index (κ3) is 4.64. The number of carbonyl (C=O) groups excluding carboxylic acids is 2. The van der Waals surface area contributed by atoms with Gasteiger partial charge in [0.15, 0.2) is 5.75 Å². The lowest BCUT2D eigenvalue weighted by molar-refractivity contribution is -0.385. The van der Waals surface area contributed by atoms with Crippen LogP contribution in [0.1, 0.15) is 41.8 Å². The van der Waals surface area contributed by atoms with Crippen LogP contribution in [0.15, 0.2) is 48.5 Å². The zero-order valence-electron chi connectivity index (χ0n) is 15.3.